The number of nitrogens with two attached hydrogens (primary N) is 2. The molecule has 1 fully saturated rings. The van der Waals surface area contributed by atoms with Gasteiger partial charge in [0.1, 0.15) is 6.04 Å². The molecule has 0 radical (unpaired) electrons. The van der Waals surface area contributed by atoms with E-state index in [4.69, 9.17) is 11.5 Å². The summed E-state index contributed by atoms with van der Waals surface area (Å²) in [7, 11) is 0. The zero-order valence-electron chi connectivity index (χ0n) is 12.2. The van der Waals surface area contributed by atoms with E-state index in [2.05, 4.69) is 12.2 Å². The van der Waals surface area contributed by atoms with Crippen LogP contribution >= 0.6 is 0 Å². The summed E-state index contributed by atoms with van der Waals surface area (Å²) < 4.78 is 0. The molecule has 0 aliphatic carbocycles. The SMILES string of the molecule is CC(CC1C(C(N)=O)NCCN1C(N)=O)c1ccccc1. The third-order valence-corrected chi connectivity index (χ3v) is 4.06. The van der Waals surface area contributed by atoms with Gasteiger partial charge in [-0.25, -0.2) is 4.79 Å². The van der Waals surface area contributed by atoms with Gasteiger partial charge in [0.05, 0.1) is 6.04 Å². The molecule has 1 saturated heterocycles. The van der Waals surface area contributed by atoms with Crippen LogP contribution in [-0.4, -0.2) is 42.0 Å². The summed E-state index contributed by atoms with van der Waals surface area (Å²) in [6.07, 6.45) is 0.633. The second-order valence-corrected chi connectivity index (χ2v) is 5.48. The standard InChI is InChI=1S/C15H22N4O2/c1-10(11-5-3-2-4-6-11)9-12-13(14(16)20)18-7-8-19(12)15(17)21/h2-6,10,12-13,18H,7-9H2,1H3,(H2,16,20)(H2,17,21). The minimum atomic E-state index is -0.558. The zero-order chi connectivity index (χ0) is 15.4. The number of carbonyl (C=O) groups is 2. The molecule has 3 unspecified atom stereocenters. The van der Waals surface area contributed by atoms with Gasteiger partial charge < -0.3 is 21.7 Å². The first-order chi connectivity index (χ1) is 10.0. The molecule has 6 nitrogen and oxygen atoms in total. The lowest BCUT2D eigenvalue weighted by Gasteiger charge is -2.40. The quantitative estimate of drug-likeness (QED) is 0.747. The Morgan fingerprint density at radius 1 is 1.33 bits per heavy atom. The van der Waals surface area contributed by atoms with Crippen LogP contribution in [0.1, 0.15) is 24.8 Å². The van der Waals surface area contributed by atoms with Crippen molar-refractivity contribution in [1.82, 2.24) is 10.2 Å². The molecule has 0 bridgehead atoms. The Bertz CT molecular complexity index is 484. The molecule has 1 aliphatic heterocycles. The van der Waals surface area contributed by atoms with Gasteiger partial charge in [-0.2, -0.15) is 0 Å². The number of urea groups is 1. The number of primary amides is 2. The molecule has 0 spiro atoms. The van der Waals surface area contributed by atoms with Crippen molar-refractivity contribution >= 4 is 11.9 Å². The predicted molar refractivity (Wildman–Crippen MR) is 80.5 cm³/mol. The lowest BCUT2D eigenvalue weighted by molar-refractivity contribution is -0.122. The van der Waals surface area contributed by atoms with Crippen LogP contribution in [0.15, 0.2) is 30.3 Å². The summed E-state index contributed by atoms with van der Waals surface area (Å²) in [4.78, 5) is 24.8. The van der Waals surface area contributed by atoms with Crippen LogP contribution in [0.3, 0.4) is 0 Å². The topological polar surface area (TPSA) is 101 Å². The first-order valence-electron chi connectivity index (χ1n) is 7.14. The normalized spacial score (nSPS) is 23.6. The Kier molecular flexibility index (Phi) is 4.80. The monoisotopic (exact) mass is 290 g/mol. The highest BCUT2D eigenvalue weighted by atomic mass is 16.2. The van der Waals surface area contributed by atoms with Gasteiger partial charge in [0.25, 0.3) is 0 Å². The third kappa shape index (κ3) is 3.52. The number of rotatable bonds is 4. The Morgan fingerprint density at radius 3 is 2.57 bits per heavy atom. The first kappa shape index (κ1) is 15.3. The van der Waals surface area contributed by atoms with Crippen LogP contribution in [0.2, 0.25) is 0 Å². The summed E-state index contributed by atoms with van der Waals surface area (Å²) in [5.41, 5.74) is 12.1. The van der Waals surface area contributed by atoms with Crippen LogP contribution in [0.25, 0.3) is 0 Å². The van der Waals surface area contributed by atoms with Gasteiger partial charge >= 0.3 is 6.03 Å². The van der Waals surface area contributed by atoms with Crippen LogP contribution in [0, 0.1) is 0 Å². The number of carbonyl (C=O) groups excluding carboxylic acids is 2. The van der Waals surface area contributed by atoms with Crippen LogP contribution in [0.4, 0.5) is 4.79 Å². The Labute approximate surface area is 124 Å². The van der Waals surface area contributed by atoms with Crippen molar-refractivity contribution in [2.45, 2.75) is 31.3 Å². The smallest absolute Gasteiger partial charge is 0.315 e. The molecule has 21 heavy (non-hydrogen) atoms. The Balaban J connectivity index is 2.18. The van der Waals surface area contributed by atoms with E-state index in [1.54, 1.807) is 4.90 Å². The van der Waals surface area contributed by atoms with Gasteiger partial charge in [-0.05, 0) is 17.9 Å². The molecule has 6 heteroatoms. The Hall–Kier alpha value is -2.08. The average Bonchev–Trinajstić information content (AvgIpc) is 2.47. The van der Waals surface area contributed by atoms with E-state index < -0.39 is 18.0 Å². The number of nitrogens with zero attached hydrogens (tertiary/aromatic N) is 1. The van der Waals surface area contributed by atoms with Crippen LogP contribution < -0.4 is 16.8 Å². The van der Waals surface area contributed by atoms with Crippen molar-refractivity contribution in [1.29, 1.82) is 0 Å². The van der Waals surface area contributed by atoms with E-state index in [0.29, 0.717) is 19.5 Å². The molecule has 0 aromatic heterocycles. The van der Waals surface area contributed by atoms with Crippen molar-refractivity contribution in [3.63, 3.8) is 0 Å². The molecular weight excluding hydrogens is 268 g/mol. The number of hydrogen-bond donors (Lipinski definition) is 3. The molecule has 1 aromatic rings. The minimum Gasteiger partial charge on any atom is -0.368 e. The summed E-state index contributed by atoms with van der Waals surface area (Å²) in [5.74, 6) is -0.258. The van der Waals surface area contributed by atoms with Crippen molar-refractivity contribution in [2.75, 3.05) is 13.1 Å². The van der Waals surface area contributed by atoms with Crippen molar-refractivity contribution in [3.05, 3.63) is 35.9 Å². The summed E-state index contributed by atoms with van der Waals surface area (Å²) >= 11 is 0. The van der Waals surface area contributed by atoms with Crippen LogP contribution in [0.5, 0.6) is 0 Å². The van der Waals surface area contributed by atoms with Gasteiger partial charge in [-0.3, -0.25) is 4.79 Å². The second-order valence-electron chi connectivity index (χ2n) is 5.48. The minimum absolute atomic E-state index is 0.194. The van der Waals surface area contributed by atoms with Crippen molar-refractivity contribution in [3.8, 4) is 0 Å². The van der Waals surface area contributed by atoms with E-state index in [0.717, 1.165) is 5.56 Å². The van der Waals surface area contributed by atoms with Gasteiger partial charge in [0, 0.05) is 13.1 Å². The maximum absolute atomic E-state index is 11.6. The molecule has 3 atom stereocenters. The van der Waals surface area contributed by atoms with Crippen molar-refractivity contribution < 1.29 is 9.59 Å². The highest BCUT2D eigenvalue weighted by molar-refractivity contribution is 5.82. The van der Waals surface area contributed by atoms with Gasteiger partial charge in [-0.1, -0.05) is 37.3 Å². The summed E-state index contributed by atoms with van der Waals surface area (Å²) in [6.45, 7) is 3.08. The van der Waals surface area contributed by atoms with Crippen LogP contribution in [-0.2, 0) is 4.79 Å². The van der Waals surface area contributed by atoms with Gasteiger partial charge in [-0.15, -0.1) is 0 Å². The maximum atomic E-state index is 11.6. The molecule has 114 valence electrons. The molecular formula is C15H22N4O2. The fourth-order valence-corrected chi connectivity index (χ4v) is 2.93. The molecule has 1 aromatic carbocycles. The van der Waals surface area contributed by atoms with E-state index in [-0.39, 0.29) is 12.0 Å². The predicted octanol–water partition coefficient (Wildman–Crippen LogP) is 0.387. The average molecular weight is 290 g/mol. The second kappa shape index (κ2) is 6.58. The van der Waals surface area contributed by atoms with E-state index in [1.165, 1.54) is 0 Å². The van der Waals surface area contributed by atoms with E-state index in [9.17, 15) is 9.59 Å². The lowest BCUT2D eigenvalue weighted by atomic mass is 9.88. The van der Waals surface area contributed by atoms with E-state index >= 15 is 0 Å². The number of hydrogen-bond acceptors (Lipinski definition) is 3. The fraction of sp³-hybridized carbons (Fsp3) is 0.467. The largest absolute Gasteiger partial charge is 0.368 e. The zero-order valence-corrected chi connectivity index (χ0v) is 12.2. The third-order valence-electron chi connectivity index (χ3n) is 4.06. The molecule has 0 saturated carbocycles. The Morgan fingerprint density at radius 2 is 2.00 bits per heavy atom. The summed E-state index contributed by atoms with van der Waals surface area (Å²) in [5, 5.41) is 3.09. The first-order valence-corrected chi connectivity index (χ1v) is 7.14. The molecule has 2 rings (SSSR count). The van der Waals surface area contributed by atoms with E-state index in [1.807, 2.05) is 30.3 Å². The summed E-state index contributed by atoms with van der Waals surface area (Å²) in [6, 6.07) is 8.60. The molecule has 1 aliphatic rings. The van der Waals surface area contributed by atoms with Crippen molar-refractivity contribution in [2.24, 2.45) is 11.5 Å². The number of piperazine rings is 1. The molecule has 5 N–H and O–H groups in total. The molecule has 1 heterocycles. The van der Waals surface area contributed by atoms with Gasteiger partial charge in [0.2, 0.25) is 5.91 Å². The molecule has 3 amide bonds. The number of benzene rings is 1. The highest BCUT2D eigenvalue weighted by Gasteiger charge is 2.37. The number of nitrogens with one attached hydrogen (secondary N) is 1. The fourth-order valence-electron chi connectivity index (χ4n) is 2.93. The van der Waals surface area contributed by atoms with Gasteiger partial charge in [0.15, 0.2) is 0 Å². The number of amides is 3. The lowest BCUT2D eigenvalue weighted by Crippen LogP contribution is -2.64. The highest BCUT2D eigenvalue weighted by Crippen LogP contribution is 2.25. The maximum Gasteiger partial charge on any atom is 0.315 e.